The second-order valence-electron chi connectivity index (χ2n) is 5.22. The Morgan fingerprint density at radius 3 is 2.52 bits per heavy atom. The molecule has 1 aliphatic rings. The van der Waals surface area contributed by atoms with Crippen molar-refractivity contribution in [1.29, 1.82) is 5.26 Å². The predicted octanol–water partition coefficient (Wildman–Crippen LogP) is 0.211. The van der Waals surface area contributed by atoms with Crippen molar-refractivity contribution in [2.75, 3.05) is 25.3 Å². The number of sulfonamides is 1. The smallest absolute Gasteiger partial charge is 0.248 e. The normalized spacial score (nSPS) is 21.3. The molecule has 1 aromatic heterocycles. The van der Waals surface area contributed by atoms with Crippen molar-refractivity contribution in [3.63, 3.8) is 0 Å². The Hall–Kier alpha value is -2.62. The number of carbonyl (C=O) groups excluding carboxylic acids is 1. The van der Waals surface area contributed by atoms with E-state index in [2.05, 4.69) is 15.3 Å². The number of amides is 1. The number of rotatable bonds is 7. The van der Waals surface area contributed by atoms with Crippen molar-refractivity contribution in [2.45, 2.75) is 10.00 Å². The molecule has 0 saturated heterocycles. The van der Waals surface area contributed by atoms with Gasteiger partial charge in [0.1, 0.15) is 10.00 Å². The molecule has 0 aliphatic heterocycles. The summed E-state index contributed by atoms with van der Waals surface area (Å²) in [5, 5.41) is 15.3. The summed E-state index contributed by atoms with van der Waals surface area (Å²) in [5.41, 5.74) is 0. The summed E-state index contributed by atoms with van der Waals surface area (Å²) in [6.07, 6.45) is 5.67. The Morgan fingerprint density at radius 2 is 2.00 bits per heavy atom. The van der Waals surface area contributed by atoms with Crippen LogP contribution < -0.4 is 19.9 Å². The Bertz CT molecular complexity index is 903. The summed E-state index contributed by atoms with van der Waals surface area (Å²) in [5.74, 6) is -0.766. The number of anilines is 1. The number of nitrogens with one attached hydrogen (secondary N) is 1. The number of aromatic nitrogens is 2. The van der Waals surface area contributed by atoms with Crippen LogP contribution in [0.4, 0.5) is 5.95 Å². The van der Waals surface area contributed by atoms with E-state index < -0.39 is 25.9 Å². The van der Waals surface area contributed by atoms with Crippen molar-refractivity contribution >= 4 is 33.6 Å². The van der Waals surface area contributed by atoms with E-state index in [0.717, 1.165) is 11.8 Å². The molecule has 0 radical (unpaired) electrons. The van der Waals surface area contributed by atoms with Crippen LogP contribution >= 0.6 is 11.8 Å². The summed E-state index contributed by atoms with van der Waals surface area (Å²) in [7, 11) is -1.39. The van der Waals surface area contributed by atoms with Crippen molar-refractivity contribution < 1.29 is 22.7 Å². The average molecular weight is 411 g/mol. The van der Waals surface area contributed by atoms with Crippen LogP contribution in [0.1, 0.15) is 0 Å². The molecule has 12 heteroatoms. The number of thioether (sulfide) groups is 1. The van der Waals surface area contributed by atoms with Gasteiger partial charge in [-0.25, -0.2) is 13.6 Å². The Balaban J connectivity index is 2.46. The van der Waals surface area contributed by atoms with Gasteiger partial charge < -0.3 is 9.47 Å². The minimum Gasteiger partial charge on any atom is -0.481 e. The first kappa shape index (κ1) is 20.7. The lowest BCUT2D eigenvalue weighted by Crippen LogP contribution is -2.53. The second-order valence-corrected chi connectivity index (χ2v) is 8.16. The molecule has 1 aliphatic carbocycles. The van der Waals surface area contributed by atoms with Crippen molar-refractivity contribution in [1.82, 2.24) is 9.97 Å². The maximum absolute atomic E-state index is 13.0. The highest BCUT2D eigenvalue weighted by molar-refractivity contribution is 8.03. The predicted molar refractivity (Wildman–Crippen MR) is 99.7 cm³/mol. The van der Waals surface area contributed by atoms with E-state index in [1.165, 1.54) is 44.6 Å². The molecule has 3 N–H and O–H groups in total. The average Bonchev–Trinajstić information content (AvgIpc) is 2.65. The lowest BCUT2D eigenvalue weighted by atomic mass is 9.98. The molecule has 0 saturated carbocycles. The number of nitriles is 1. The van der Waals surface area contributed by atoms with E-state index in [1.54, 1.807) is 0 Å². The number of hydrogen-bond donors (Lipinski definition) is 2. The first-order valence-corrected chi connectivity index (χ1v) is 10.0. The van der Waals surface area contributed by atoms with Gasteiger partial charge in [-0.15, -0.1) is 11.8 Å². The SMILES string of the molecule is COc1cc(OC)nc(NC(=O)C2(SCC#N)C=CC=CC2S(N)(=O)=O)n1. The molecule has 2 unspecified atom stereocenters. The van der Waals surface area contributed by atoms with Crippen LogP contribution in [0.2, 0.25) is 0 Å². The first-order chi connectivity index (χ1) is 12.8. The van der Waals surface area contributed by atoms with E-state index in [4.69, 9.17) is 19.9 Å². The molecule has 2 atom stereocenters. The number of ether oxygens (including phenoxy) is 2. The van der Waals surface area contributed by atoms with Gasteiger partial charge in [0.05, 0.1) is 32.1 Å². The van der Waals surface area contributed by atoms with Crippen LogP contribution in [-0.2, 0) is 14.8 Å². The van der Waals surface area contributed by atoms with Gasteiger partial charge in [0, 0.05) is 0 Å². The van der Waals surface area contributed by atoms with E-state index in [9.17, 15) is 13.2 Å². The zero-order chi connectivity index (χ0) is 20.1. The molecule has 0 spiro atoms. The summed E-state index contributed by atoms with van der Waals surface area (Å²) in [6.45, 7) is 0. The molecule has 1 amide bonds. The minimum absolute atomic E-state index is 0.137. The molecule has 2 rings (SSSR count). The fourth-order valence-corrected chi connectivity index (χ4v) is 4.87. The molecular weight excluding hydrogens is 394 g/mol. The molecule has 0 bridgehead atoms. The van der Waals surface area contributed by atoms with E-state index >= 15 is 0 Å². The van der Waals surface area contributed by atoms with Crippen LogP contribution in [0.25, 0.3) is 0 Å². The minimum atomic E-state index is -4.15. The highest BCUT2D eigenvalue weighted by Crippen LogP contribution is 2.38. The van der Waals surface area contributed by atoms with Gasteiger partial charge in [0.15, 0.2) is 0 Å². The number of carbonyl (C=O) groups is 1. The Morgan fingerprint density at radius 1 is 1.37 bits per heavy atom. The largest absolute Gasteiger partial charge is 0.481 e. The third kappa shape index (κ3) is 4.57. The van der Waals surface area contributed by atoms with Gasteiger partial charge in [-0.05, 0) is 0 Å². The van der Waals surface area contributed by atoms with Crippen molar-refractivity contribution in [3.05, 3.63) is 30.4 Å². The van der Waals surface area contributed by atoms with Gasteiger partial charge in [-0.1, -0.05) is 24.3 Å². The molecule has 0 fully saturated rings. The topological polar surface area (TPSA) is 157 Å². The van der Waals surface area contributed by atoms with Gasteiger partial charge in [0.25, 0.3) is 0 Å². The number of hydrogen-bond acceptors (Lipinski definition) is 9. The third-order valence-electron chi connectivity index (χ3n) is 3.57. The fourth-order valence-electron chi connectivity index (χ4n) is 2.38. The molecule has 0 aromatic carbocycles. The quantitative estimate of drug-likeness (QED) is 0.640. The molecule has 10 nitrogen and oxygen atoms in total. The first-order valence-electron chi connectivity index (χ1n) is 7.44. The van der Waals surface area contributed by atoms with E-state index in [-0.39, 0.29) is 23.5 Å². The monoisotopic (exact) mass is 411 g/mol. The van der Waals surface area contributed by atoms with Gasteiger partial charge >= 0.3 is 0 Å². The third-order valence-corrected chi connectivity index (χ3v) is 6.28. The van der Waals surface area contributed by atoms with Crippen LogP contribution in [0.3, 0.4) is 0 Å². The lowest BCUT2D eigenvalue weighted by Gasteiger charge is -2.34. The maximum Gasteiger partial charge on any atom is 0.248 e. The summed E-state index contributed by atoms with van der Waals surface area (Å²) < 4.78 is 32.5. The highest BCUT2D eigenvalue weighted by atomic mass is 32.2. The van der Waals surface area contributed by atoms with Crippen molar-refractivity contribution in [3.8, 4) is 17.8 Å². The number of methoxy groups -OCH3 is 2. The standard InChI is InChI=1S/C15H17N5O5S2/c1-24-11-9-12(25-2)19-14(18-11)20-13(21)15(26-8-7-16)6-4-3-5-10(15)27(17,22)23/h3-6,9-10H,8H2,1-2H3,(H2,17,22,23)(H,18,19,20,21). The molecule has 1 heterocycles. The summed E-state index contributed by atoms with van der Waals surface area (Å²) >= 11 is 0.839. The number of allylic oxidation sites excluding steroid dienone is 2. The molecule has 1 aromatic rings. The Kier molecular flexibility index (Phi) is 6.42. The lowest BCUT2D eigenvalue weighted by molar-refractivity contribution is -0.117. The van der Waals surface area contributed by atoms with Gasteiger partial charge in [-0.2, -0.15) is 15.2 Å². The maximum atomic E-state index is 13.0. The number of nitrogens with two attached hydrogens (primary N) is 1. The molecule has 144 valence electrons. The number of primary sulfonamides is 1. The zero-order valence-corrected chi connectivity index (χ0v) is 16.1. The van der Waals surface area contributed by atoms with E-state index in [0.29, 0.717) is 0 Å². The van der Waals surface area contributed by atoms with E-state index in [1.807, 2.05) is 6.07 Å². The Labute approximate surface area is 160 Å². The molecular formula is C15H17N5O5S2. The van der Waals surface area contributed by atoms with Crippen molar-refractivity contribution in [2.24, 2.45) is 5.14 Å². The van der Waals surface area contributed by atoms with Crippen LogP contribution in [-0.4, -0.2) is 54.3 Å². The van der Waals surface area contributed by atoms with Crippen LogP contribution in [0.15, 0.2) is 30.4 Å². The fraction of sp³-hybridized carbons (Fsp3) is 0.333. The molecule has 27 heavy (non-hydrogen) atoms. The van der Waals surface area contributed by atoms with Crippen LogP contribution in [0, 0.1) is 11.3 Å². The summed E-state index contributed by atoms with van der Waals surface area (Å²) in [4.78, 5) is 21.0. The highest BCUT2D eigenvalue weighted by Gasteiger charge is 2.49. The summed E-state index contributed by atoms with van der Waals surface area (Å²) in [6, 6.07) is 3.29. The second kappa shape index (κ2) is 8.38. The van der Waals surface area contributed by atoms with Crippen LogP contribution in [0.5, 0.6) is 11.8 Å². The number of nitrogens with zero attached hydrogens (tertiary/aromatic N) is 3. The zero-order valence-electron chi connectivity index (χ0n) is 14.4. The van der Waals surface area contributed by atoms with Gasteiger partial charge in [-0.3, -0.25) is 10.1 Å². The van der Waals surface area contributed by atoms with Gasteiger partial charge in [0.2, 0.25) is 33.6 Å².